The highest BCUT2D eigenvalue weighted by molar-refractivity contribution is 7.88. The minimum atomic E-state index is -5.81. The van der Waals surface area contributed by atoms with E-state index in [1.165, 1.54) is 12.1 Å². The van der Waals surface area contributed by atoms with Crippen molar-refractivity contribution < 1.29 is 49.6 Å². The lowest BCUT2D eigenvalue weighted by Crippen LogP contribution is -2.59. The zero-order chi connectivity index (χ0) is 33.5. The maximum Gasteiger partial charge on any atom is 0.534 e. The second kappa shape index (κ2) is 14.9. The molecule has 14 heteroatoms. The molecule has 46 heavy (non-hydrogen) atoms. The minimum absolute atomic E-state index is 0.0907. The van der Waals surface area contributed by atoms with Crippen molar-refractivity contribution in [2.24, 2.45) is 0 Å². The van der Waals surface area contributed by atoms with Gasteiger partial charge in [0.1, 0.15) is 18.0 Å². The first-order valence-electron chi connectivity index (χ1n) is 15.3. The van der Waals surface area contributed by atoms with E-state index < -0.39 is 45.5 Å². The van der Waals surface area contributed by atoms with E-state index >= 15 is 0 Å². The number of halogens is 3. The van der Waals surface area contributed by atoms with Crippen LogP contribution in [0.1, 0.15) is 76.3 Å². The fraction of sp³-hybridized carbons (Fsp3) is 0.562. The number of rotatable bonds is 9. The van der Waals surface area contributed by atoms with E-state index in [-0.39, 0.29) is 31.0 Å². The van der Waals surface area contributed by atoms with Crippen LogP contribution in [0.15, 0.2) is 54.6 Å². The molecule has 2 atom stereocenters. The van der Waals surface area contributed by atoms with Crippen molar-refractivity contribution in [1.82, 2.24) is 10.2 Å². The number of amides is 2. The van der Waals surface area contributed by atoms with Crippen LogP contribution in [0.2, 0.25) is 0 Å². The maximum atomic E-state index is 13.3. The molecule has 2 aliphatic rings. The van der Waals surface area contributed by atoms with Gasteiger partial charge in [0.05, 0.1) is 24.8 Å². The highest BCUT2D eigenvalue weighted by Gasteiger charge is 2.49. The zero-order valence-electron chi connectivity index (χ0n) is 26.1. The number of carbonyl (C=O) groups excluding carboxylic acids is 2. The van der Waals surface area contributed by atoms with Gasteiger partial charge in [0, 0.05) is 6.54 Å². The normalized spacial score (nSPS) is 22.5. The molecule has 0 aromatic heterocycles. The Labute approximate surface area is 267 Å². The first-order valence-corrected chi connectivity index (χ1v) is 16.7. The molecule has 2 amide bonds. The first kappa shape index (κ1) is 35.3. The predicted octanol–water partition coefficient (Wildman–Crippen LogP) is 6.65. The molecule has 0 radical (unpaired) electrons. The van der Waals surface area contributed by atoms with Gasteiger partial charge in [-0.25, -0.2) is 9.59 Å². The van der Waals surface area contributed by atoms with Crippen molar-refractivity contribution in [3.05, 3.63) is 65.7 Å². The van der Waals surface area contributed by atoms with Crippen LogP contribution < -0.4 is 9.50 Å². The van der Waals surface area contributed by atoms with Crippen LogP contribution in [0.5, 0.6) is 5.75 Å². The van der Waals surface area contributed by atoms with Gasteiger partial charge in [-0.3, -0.25) is 0 Å². The number of likely N-dealkylation sites (tertiary alicyclic amines) is 1. The fourth-order valence-corrected chi connectivity index (χ4v) is 6.24. The number of alkyl carbamates (subject to hydrolysis) is 1. The summed E-state index contributed by atoms with van der Waals surface area (Å²) in [5.41, 5.74) is -5.03. The smallest absolute Gasteiger partial charge is 0.445 e. The molecule has 2 aromatic rings. The Balaban J connectivity index is 1.41. The number of nitrogens with zero attached hydrogens (tertiary/aromatic N) is 1. The first-order chi connectivity index (χ1) is 21.6. The van der Waals surface area contributed by atoms with Gasteiger partial charge in [-0.05, 0) is 82.4 Å². The Morgan fingerprint density at radius 1 is 0.935 bits per heavy atom. The van der Waals surface area contributed by atoms with E-state index in [4.69, 9.17) is 14.2 Å². The molecule has 2 fully saturated rings. The summed E-state index contributed by atoms with van der Waals surface area (Å²) in [6.07, 6.45) is 2.00. The van der Waals surface area contributed by atoms with E-state index in [9.17, 15) is 31.2 Å². The fourth-order valence-electron chi connectivity index (χ4n) is 5.75. The van der Waals surface area contributed by atoms with E-state index in [0.29, 0.717) is 50.6 Å². The molecule has 1 aliphatic heterocycles. The van der Waals surface area contributed by atoms with Gasteiger partial charge in [-0.1, -0.05) is 48.5 Å². The topological polar surface area (TPSA) is 120 Å². The van der Waals surface area contributed by atoms with Crippen LogP contribution >= 0.6 is 0 Å². The van der Waals surface area contributed by atoms with Crippen LogP contribution in [0.25, 0.3) is 0 Å². The average Bonchev–Trinajstić information content (AvgIpc) is 2.98. The third-order valence-corrected chi connectivity index (χ3v) is 8.91. The van der Waals surface area contributed by atoms with Crippen LogP contribution in [-0.2, 0) is 30.9 Å². The molecular weight excluding hydrogens is 629 g/mol. The SMILES string of the molecule is CC(C)(C)OC(=O)NC1CCCN(C(=O)OCc2ccccc2)C1COC1CCC(c2ccccc2OS(=O)(=O)C(F)(F)F)CC1. The highest BCUT2D eigenvalue weighted by atomic mass is 32.2. The molecule has 1 heterocycles. The van der Waals surface area contributed by atoms with Gasteiger partial charge in [0.15, 0.2) is 0 Å². The molecule has 10 nitrogen and oxygen atoms in total. The largest absolute Gasteiger partial charge is 0.534 e. The Morgan fingerprint density at radius 3 is 2.24 bits per heavy atom. The van der Waals surface area contributed by atoms with Gasteiger partial charge < -0.3 is 28.6 Å². The third kappa shape index (κ3) is 9.74. The number of carbonyl (C=O) groups is 2. The van der Waals surface area contributed by atoms with E-state index in [1.54, 1.807) is 37.8 Å². The summed E-state index contributed by atoms with van der Waals surface area (Å²) < 4.78 is 84.0. The molecule has 0 bridgehead atoms. The number of alkyl halides is 3. The highest BCUT2D eigenvalue weighted by Crippen LogP contribution is 2.40. The number of nitrogens with one attached hydrogen (secondary N) is 1. The van der Waals surface area contributed by atoms with E-state index in [0.717, 1.165) is 5.56 Å². The molecule has 1 saturated heterocycles. The molecule has 1 aliphatic carbocycles. The van der Waals surface area contributed by atoms with Gasteiger partial charge >= 0.3 is 27.8 Å². The quantitative estimate of drug-likeness (QED) is 0.233. The summed E-state index contributed by atoms with van der Waals surface area (Å²) in [5.74, 6) is -0.577. The molecule has 1 N–H and O–H groups in total. The second-order valence-electron chi connectivity index (χ2n) is 12.5. The number of para-hydroxylation sites is 1. The lowest BCUT2D eigenvalue weighted by Gasteiger charge is -2.41. The number of hydrogen-bond donors (Lipinski definition) is 1. The van der Waals surface area contributed by atoms with Crippen molar-refractivity contribution >= 4 is 22.3 Å². The molecule has 0 spiro atoms. The monoisotopic (exact) mass is 670 g/mol. The minimum Gasteiger partial charge on any atom is -0.445 e. The third-order valence-electron chi connectivity index (χ3n) is 7.94. The van der Waals surface area contributed by atoms with Crippen LogP contribution in [0.3, 0.4) is 0 Å². The average molecular weight is 671 g/mol. The van der Waals surface area contributed by atoms with Crippen LogP contribution in [0, 0.1) is 0 Å². The van der Waals surface area contributed by atoms with Gasteiger partial charge in [-0.15, -0.1) is 0 Å². The summed E-state index contributed by atoms with van der Waals surface area (Å²) in [4.78, 5) is 27.5. The van der Waals surface area contributed by atoms with Crippen molar-refractivity contribution in [1.29, 1.82) is 0 Å². The summed E-state index contributed by atoms with van der Waals surface area (Å²) in [6, 6.07) is 14.1. The second-order valence-corrected chi connectivity index (χ2v) is 14.1. The molecule has 1 saturated carbocycles. The van der Waals surface area contributed by atoms with E-state index in [1.807, 2.05) is 30.3 Å². The Kier molecular flexibility index (Phi) is 11.5. The van der Waals surface area contributed by atoms with Crippen molar-refractivity contribution in [3.63, 3.8) is 0 Å². The number of hydrogen-bond acceptors (Lipinski definition) is 8. The van der Waals surface area contributed by atoms with Crippen molar-refractivity contribution in [3.8, 4) is 5.75 Å². The summed E-state index contributed by atoms with van der Waals surface area (Å²) in [6.45, 7) is 5.90. The van der Waals surface area contributed by atoms with Crippen LogP contribution in [-0.4, -0.2) is 68.0 Å². The Morgan fingerprint density at radius 2 is 1.59 bits per heavy atom. The molecular formula is C32H41F3N2O8S. The lowest BCUT2D eigenvalue weighted by atomic mass is 9.82. The van der Waals surface area contributed by atoms with Gasteiger partial charge in [0.2, 0.25) is 0 Å². The molecule has 254 valence electrons. The summed E-state index contributed by atoms with van der Waals surface area (Å²) >= 11 is 0. The molecule has 4 rings (SSSR count). The van der Waals surface area contributed by atoms with Gasteiger partial charge in [0.25, 0.3) is 0 Å². The van der Waals surface area contributed by atoms with Crippen LogP contribution in [0.4, 0.5) is 22.8 Å². The number of ether oxygens (including phenoxy) is 3. The molecule has 2 unspecified atom stereocenters. The zero-order valence-corrected chi connectivity index (χ0v) is 26.9. The Bertz CT molecular complexity index is 1420. The van der Waals surface area contributed by atoms with E-state index in [2.05, 4.69) is 9.50 Å². The lowest BCUT2D eigenvalue weighted by molar-refractivity contribution is -0.0500. The van der Waals surface area contributed by atoms with Gasteiger partial charge in [-0.2, -0.15) is 21.6 Å². The predicted molar refractivity (Wildman–Crippen MR) is 163 cm³/mol. The summed E-state index contributed by atoms with van der Waals surface area (Å²) in [5, 5.41) is 2.90. The maximum absolute atomic E-state index is 13.3. The Hall–Kier alpha value is -3.52. The van der Waals surface area contributed by atoms with Crippen molar-refractivity contribution in [2.45, 2.75) is 101 Å². The standard InChI is InChI=1S/C32H41F3N2O8S/c1-31(2,3)44-29(38)36-26-13-9-19-37(30(39)43-20-22-10-5-4-6-11-22)27(26)21-42-24-17-15-23(16-18-24)25-12-7-8-14-28(25)45-46(40,41)32(33,34)35/h4-8,10-12,14,23-24,26-27H,9,13,15-21H2,1-3H3,(H,36,38). The number of piperidine rings is 1. The van der Waals surface area contributed by atoms with Crippen molar-refractivity contribution in [2.75, 3.05) is 13.2 Å². The number of benzene rings is 2. The molecule has 2 aromatic carbocycles. The summed E-state index contributed by atoms with van der Waals surface area (Å²) in [7, 11) is -5.81.